The molecular formula is C18H19F2NO2. The highest BCUT2D eigenvalue weighted by Gasteiger charge is 2.27. The van der Waals surface area contributed by atoms with E-state index in [0.717, 1.165) is 32.1 Å². The molecule has 1 saturated carbocycles. The molecule has 0 N–H and O–H groups in total. The number of benzene rings is 1. The number of rotatable bonds is 5. The van der Waals surface area contributed by atoms with E-state index in [2.05, 4.69) is 0 Å². The fourth-order valence-electron chi connectivity index (χ4n) is 2.88. The van der Waals surface area contributed by atoms with Crippen molar-refractivity contribution in [3.05, 3.63) is 42.0 Å². The number of nitriles is 1. The fourth-order valence-corrected chi connectivity index (χ4v) is 2.88. The van der Waals surface area contributed by atoms with Gasteiger partial charge < -0.3 is 4.74 Å². The van der Waals surface area contributed by atoms with Crippen LogP contribution in [0.1, 0.15) is 38.5 Å². The lowest BCUT2D eigenvalue weighted by molar-refractivity contribution is -0.140. The number of carbonyl (C=O) groups is 1. The molecule has 0 spiro atoms. The van der Waals surface area contributed by atoms with Crippen molar-refractivity contribution in [3.63, 3.8) is 0 Å². The molecule has 0 heterocycles. The number of ether oxygens (including phenoxy) is 1. The molecule has 5 heteroatoms. The van der Waals surface area contributed by atoms with Gasteiger partial charge in [-0.25, -0.2) is 4.39 Å². The third kappa shape index (κ3) is 5.48. The predicted octanol–water partition coefficient (Wildman–Crippen LogP) is 4.69. The summed E-state index contributed by atoms with van der Waals surface area (Å²) >= 11 is 0. The number of esters is 1. The van der Waals surface area contributed by atoms with Crippen LogP contribution >= 0.6 is 0 Å². The highest BCUT2D eigenvalue weighted by atomic mass is 19.1. The Bertz CT molecular complexity index is 596. The van der Waals surface area contributed by atoms with Crippen molar-refractivity contribution in [3.8, 4) is 11.8 Å². The molecule has 1 aliphatic rings. The first kappa shape index (κ1) is 17.1. The second-order valence-corrected chi connectivity index (χ2v) is 5.83. The first-order valence-corrected chi connectivity index (χ1v) is 7.81. The van der Waals surface area contributed by atoms with E-state index in [4.69, 9.17) is 10.00 Å². The molecule has 23 heavy (non-hydrogen) atoms. The maximum absolute atomic E-state index is 12.8. The minimum Gasteiger partial charge on any atom is -0.426 e. The van der Waals surface area contributed by atoms with Gasteiger partial charge in [0.2, 0.25) is 0 Å². The summed E-state index contributed by atoms with van der Waals surface area (Å²) in [5.74, 6) is -0.704. The van der Waals surface area contributed by atoms with Gasteiger partial charge in [-0.2, -0.15) is 9.65 Å². The zero-order valence-electron chi connectivity index (χ0n) is 12.8. The molecule has 1 aromatic carbocycles. The van der Waals surface area contributed by atoms with E-state index in [-0.39, 0.29) is 17.7 Å². The van der Waals surface area contributed by atoms with E-state index in [1.54, 1.807) is 0 Å². The summed E-state index contributed by atoms with van der Waals surface area (Å²) in [5.41, 5.74) is 0. The third-order valence-electron chi connectivity index (χ3n) is 4.22. The summed E-state index contributed by atoms with van der Waals surface area (Å²) in [5, 5.41) is 8.34. The van der Waals surface area contributed by atoms with E-state index in [1.807, 2.05) is 0 Å². The molecule has 1 aromatic rings. The molecule has 0 aliphatic heterocycles. The van der Waals surface area contributed by atoms with Gasteiger partial charge in [-0.3, -0.25) is 4.79 Å². The summed E-state index contributed by atoms with van der Waals surface area (Å²) in [6.07, 6.45) is 5.97. The minimum absolute atomic E-state index is 0.136. The maximum atomic E-state index is 12.8. The predicted molar refractivity (Wildman–Crippen MR) is 81.5 cm³/mol. The highest BCUT2D eigenvalue weighted by molar-refractivity contribution is 5.75. The van der Waals surface area contributed by atoms with Crippen LogP contribution in [0.2, 0.25) is 0 Å². The van der Waals surface area contributed by atoms with Gasteiger partial charge in [0.05, 0.1) is 5.92 Å². The lowest BCUT2D eigenvalue weighted by Gasteiger charge is -2.26. The molecule has 0 aromatic heterocycles. The Balaban J connectivity index is 1.74. The van der Waals surface area contributed by atoms with Crippen LogP contribution in [0.25, 0.3) is 0 Å². The van der Waals surface area contributed by atoms with Crippen molar-refractivity contribution in [2.45, 2.75) is 38.5 Å². The Kier molecular flexibility index (Phi) is 6.28. The average Bonchev–Trinajstić information content (AvgIpc) is 2.57. The lowest BCUT2D eigenvalue weighted by Crippen LogP contribution is -2.25. The van der Waals surface area contributed by atoms with Crippen LogP contribution in [0.5, 0.6) is 5.75 Å². The average molecular weight is 319 g/mol. The number of hydrogen-bond donors (Lipinski definition) is 0. The Labute approximate surface area is 134 Å². The standard InChI is InChI=1S/C18H19F2NO2/c19-15-8-10-17(11-9-15)23-18(22)14-6-4-13(5-7-14)2-1-3-16(20)12-21/h3,8-11,13-14H,1-2,4-7H2/b16-3+. The van der Waals surface area contributed by atoms with Crippen molar-refractivity contribution in [1.29, 1.82) is 5.26 Å². The van der Waals surface area contributed by atoms with E-state index >= 15 is 0 Å². The van der Waals surface area contributed by atoms with Crippen molar-refractivity contribution < 1.29 is 18.3 Å². The first-order chi connectivity index (χ1) is 11.1. The first-order valence-electron chi connectivity index (χ1n) is 7.81. The molecule has 0 amide bonds. The molecule has 1 aliphatic carbocycles. The van der Waals surface area contributed by atoms with E-state index in [9.17, 15) is 13.6 Å². The SMILES string of the molecule is N#C/C(F)=C\CCC1CCC(C(=O)Oc2ccc(F)cc2)CC1. The van der Waals surface area contributed by atoms with Gasteiger partial charge >= 0.3 is 5.97 Å². The molecule has 0 radical (unpaired) electrons. The number of nitrogens with zero attached hydrogens (tertiary/aromatic N) is 1. The molecular weight excluding hydrogens is 300 g/mol. The molecule has 2 rings (SSSR count). The number of halogens is 2. The van der Waals surface area contributed by atoms with Gasteiger partial charge in [0.1, 0.15) is 17.6 Å². The summed E-state index contributed by atoms with van der Waals surface area (Å²) in [4.78, 5) is 12.1. The Morgan fingerprint density at radius 3 is 2.52 bits per heavy atom. The molecule has 0 unspecified atom stereocenters. The fraction of sp³-hybridized carbons (Fsp3) is 0.444. The Morgan fingerprint density at radius 2 is 1.91 bits per heavy atom. The van der Waals surface area contributed by atoms with Gasteiger partial charge in [-0.15, -0.1) is 0 Å². The van der Waals surface area contributed by atoms with E-state index in [0.29, 0.717) is 18.1 Å². The second-order valence-electron chi connectivity index (χ2n) is 5.83. The van der Waals surface area contributed by atoms with E-state index < -0.39 is 5.83 Å². The van der Waals surface area contributed by atoms with Crippen LogP contribution in [-0.4, -0.2) is 5.97 Å². The molecule has 0 bridgehead atoms. The minimum atomic E-state index is -0.735. The third-order valence-corrected chi connectivity index (χ3v) is 4.22. The number of carbonyl (C=O) groups excluding carboxylic acids is 1. The normalized spacial score (nSPS) is 21.5. The largest absolute Gasteiger partial charge is 0.426 e. The molecule has 122 valence electrons. The van der Waals surface area contributed by atoms with Crippen molar-refractivity contribution in [2.24, 2.45) is 11.8 Å². The topological polar surface area (TPSA) is 50.1 Å². The van der Waals surface area contributed by atoms with Crippen molar-refractivity contribution >= 4 is 5.97 Å². The Hall–Kier alpha value is -2.22. The maximum Gasteiger partial charge on any atom is 0.314 e. The van der Waals surface area contributed by atoms with Crippen LogP contribution in [0.4, 0.5) is 8.78 Å². The second kappa shape index (κ2) is 8.42. The van der Waals surface area contributed by atoms with Gasteiger partial charge in [0, 0.05) is 0 Å². The van der Waals surface area contributed by atoms with Crippen LogP contribution < -0.4 is 4.74 Å². The van der Waals surface area contributed by atoms with Crippen LogP contribution in [0, 0.1) is 29.0 Å². The zero-order chi connectivity index (χ0) is 16.7. The quantitative estimate of drug-likeness (QED) is 0.449. The summed E-state index contributed by atoms with van der Waals surface area (Å²) < 4.78 is 30.8. The zero-order valence-corrected chi connectivity index (χ0v) is 12.8. The summed E-state index contributed by atoms with van der Waals surface area (Å²) in [7, 11) is 0. The van der Waals surface area contributed by atoms with Gasteiger partial charge in [0.25, 0.3) is 0 Å². The molecule has 0 saturated heterocycles. The lowest BCUT2D eigenvalue weighted by atomic mass is 9.80. The van der Waals surface area contributed by atoms with Gasteiger partial charge in [-0.1, -0.05) is 0 Å². The van der Waals surface area contributed by atoms with Gasteiger partial charge in [0.15, 0.2) is 5.83 Å². The number of hydrogen-bond acceptors (Lipinski definition) is 3. The van der Waals surface area contributed by atoms with Crippen LogP contribution in [0.3, 0.4) is 0 Å². The number of allylic oxidation sites excluding steroid dienone is 2. The molecule has 3 nitrogen and oxygen atoms in total. The Morgan fingerprint density at radius 1 is 1.26 bits per heavy atom. The highest BCUT2D eigenvalue weighted by Crippen LogP contribution is 2.32. The summed E-state index contributed by atoms with van der Waals surface area (Å²) in [6.45, 7) is 0. The molecule has 1 fully saturated rings. The van der Waals surface area contributed by atoms with Crippen LogP contribution in [-0.2, 0) is 4.79 Å². The smallest absolute Gasteiger partial charge is 0.314 e. The monoisotopic (exact) mass is 319 g/mol. The molecule has 0 atom stereocenters. The van der Waals surface area contributed by atoms with Crippen molar-refractivity contribution in [1.82, 2.24) is 0 Å². The van der Waals surface area contributed by atoms with Crippen LogP contribution in [0.15, 0.2) is 36.2 Å². The van der Waals surface area contributed by atoms with Gasteiger partial charge in [-0.05, 0) is 74.8 Å². The van der Waals surface area contributed by atoms with E-state index in [1.165, 1.54) is 36.4 Å². The summed E-state index contributed by atoms with van der Waals surface area (Å²) in [6, 6.07) is 6.85. The van der Waals surface area contributed by atoms with Crippen molar-refractivity contribution in [2.75, 3.05) is 0 Å².